The first kappa shape index (κ1) is 9.00. The van der Waals surface area contributed by atoms with Crippen molar-refractivity contribution in [2.45, 2.75) is 38.1 Å². The van der Waals surface area contributed by atoms with Crippen LogP contribution in [0, 0.1) is 5.92 Å². The van der Waals surface area contributed by atoms with E-state index in [4.69, 9.17) is 4.74 Å². The minimum absolute atomic E-state index is 0.0423. The summed E-state index contributed by atoms with van der Waals surface area (Å²) >= 11 is 0. The highest BCUT2D eigenvalue weighted by molar-refractivity contribution is 5.78. The molecule has 1 N–H and O–H groups in total. The van der Waals surface area contributed by atoms with Gasteiger partial charge in [-0.2, -0.15) is 0 Å². The van der Waals surface area contributed by atoms with Gasteiger partial charge in [-0.1, -0.05) is 12.8 Å². The molecule has 3 heteroatoms. The summed E-state index contributed by atoms with van der Waals surface area (Å²) in [7, 11) is 0. The Balaban J connectivity index is 2.04. The number of rotatable bonds is 1. The average molecular weight is 183 g/mol. The van der Waals surface area contributed by atoms with Crippen LogP contribution in [0.5, 0.6) is 0 Å². The first-order valence-electron chi connectivity index (χ1n) is 5.09. The summed E-state index contributed by atoms with van der Waals surface area (Å²) in [5.74, 6) is 0.664. The third-order valence-electron chi connectivity index (χ3n) is 3.32. The average Bonchev–Trinajstić information content (AvgIpc) is 2.55. The third kappa shape index (κ3) is 1.70. The molecule has 1 unspecified atom stereocenters. The molecule has 0 radical (unpaired) electrons. The zero-order valence-electron chi connectivity index (χ0n) is 8.14. The van der Waals surface area contributed by atoms with Crippen molar-refractivity contribution in [3.05, 3.63) is 0 Å². The molecule has 1 aliphatic heterocycles. The fraction of sp³-hybridized carbons (Fsp3) is 0.900. The van der Waals surface area contributed by atoms with Gasteiger partial charge in [-0.3, -0.25) is 4.79 Å². The predicted octanol–water partition coefficient (Wildman–Crippen LogP) is 1.08. The molecule has 3 nitrogen and oxygen atoms in total. The largest absolute Gasteiger partial charge is 0.369 e. The minimum Gasteiger partial charge on any atom is -0.369 e. The Morgan fingerprint density at radius 1 is 1.46 bits per heavy atom. The van der Waals surface area contributed by atoms with Crippen LogP contribution in [0.2, 0.25) is 0 Å². The number of hydrogen-bond donors (Lipinski definition) is 1. The van der Waals surface area contributed by atoms with Gasteiger partial charge in [-0.05, 0) is 25.7 Å². The van der Waals surface area contributed by atoms with Gasteiger partial charge in [0.2, 0.25) is 5.91 Å². The van der Waals surface area contributed by atoms with Gasteiger partial charge in [0.15, 0.2) is 0 Å². The van der Waals surface area contributed by atoms with Crippen molar-refractivity contribution in [3.63, 3.8) is 0 Å². The molecule has 74 valence electrons. The lowest BCUT2D eigenvalue weighted by Gasteiger charge is -2.39. The topological polar surface area (TPSA) is 38.3 Å². The van der Waals surface area contributed by atoms with E-state index in [1.807, 2.05) is 0 Å². The summed E-state index contributed by atoms with van der Waals surface area (Å²) in [5.41, 5.74) is -0.0914. The van der Waals surface area contributed by atoms with Crippen LogP contribution in [0.15, 0.2) is 0 Å². The van der Waals surface area contributed by atoms with Crippen LogP contribution in [-0.4, -0.2) is 24.7 Å². The van der Waals surface area contributed by atoms with Crippen LogP contribution in [-0.2, 0) is 9.53 Å². The van der Waals surface area contributed by atoms with Crippen molar-refractivity contribution in [2.24, 2.45) is 5.92 Å². The van der Waals surface area contributed by atoms with Gasteiger partial charge in [-0.25, -0.2) is 0 Å². The van der Waals surface area contributed by atoms with E-state index >= 15 is 0 Å². The van der Waals surface area contributed by atoms with E-state index in [2.05, 4.69) is 12.2 Å². The van der Waals surface area contributed by atoms with Gasteiger partial charge in [0, 0.05) is 0 Å². The Morgan fingerprint density at radius 2 is 2.15 bits per heavy atom. The molecule has 0 aromatic carbocycles. The number of ether oxygens (including phenoxy) is 1. The lowest BCUT2D eigenvalue weighted by atomic mass is 9.84. The van der Waals surface area contributed by atoms with Gasteiger partial charge < -0.3 is 10.1 Å². The quantitative estimate of drug-likeness (QED) is 0.660. The summed E-state index contributed by atoms with van der Waals surface area (Å²) in [6.45, 7) is 3.03. The lowest BCUT2D eigenvalue weighted by Crippen LogP contribution is -2.58. The first-order valence-corrected chi connectivity index (χ1v) is 5.09. The summed E-state index contributed by atoms with van der Waals surface area (Å²) in [4.78, 5) is 11.2. The van der Waals surface area contributed by atoms with E-state index < -0.39 is 0 Å². The molecule has 1 saturated heterocycles. The number of carbonyl (C=O) groups is 1. The van der Waals surface area contributed by atoms with Gasteiger partial charge in [0.05, 0.1) is 12.1 Å². The summed E-state index contributed by atoms with van der Waals surface area (Å²) in [5, 5.41) is 3.07. The molecule has 0 aromatic heterocycles. The second-order valence-electron chi connectivity index (χ2n) is 4.44. The second kappa shape index (κ2) is 3.29. The Morgan fingerprint density at radius 3 is 2.77 bits per heavy atom. The SMILES string of the molecule is CC1(C2CCCC2)COCC(=O)N1. The van der Waals surface area contributed by atoms with Crippen molar-refractivity contribution < 1.29 is 9.53 Å². The van der Waals surface area contributed by atoms with Gasteiger partial charge in [0.25, 0.3) is 0 Å². The monoisotopic (exact) mass is 183 g/mol. The molecule has 2 rings (SSSR count). The molecule has 0 bridgehead atoms. The van der Waals surface area contributed by atoms with Crippen molar-refractivity contribution in [3.8, 4) is 0 Å². The molecule has 1 amide bonds. The van der Waals surface area contributed by atoms with E-state index in [9.17, 15) is 4.79 Å². The van der Waals surface area contributed by atoms with Gasteiger partial charge in [-0.15, -0.1) is 0 Å². The van der Waals surface area contributed by atoms with E-state index in [0.717, 1.165) is 0 Å². The molecule has 0 aromatic rings. The normalized spacial score (nSPS) is 36.2. The summed E-state index contributed by atoms with van der Waals surface area (Å²) < 4.78 is 5.30. The highest BCUT2D eigenvalue weighted by Crippen LogP contribution is 2.34. The standard InChI is InChI=1S/C10H17NO2/c1-10(8-4-2-3-5-8)7-13-6-9(12)11-10/h8H,2-7H2,1H3,(H,11,12). The number of morpholine rings is 1. The number of hydrogen-bond acceptors (Lipinski definition) is 2. The molecule has 2 fully saturated rings. The highest BCUT2D eigenvalue weighted by Gasteiger charge is 2.39. The zero-order chi connectivity index (χ0) is 9.31. The maximum atomic E-state index is 11.2. The first-order chi connectivity index (χ1) is 6.21. The van der Waals surface area contributed by atoms with Crippen LogP contribution in [0.1, 0.15) is 32.6 Å². The Kier molecular flexibility index (Phi) is 2.28. The molecule has 1 atom stereocenters. The van der Waals surface area contributed by atoms with Gasteiger partial charge in [0.1, 0.15) is 6.61 Å². The molecule has 1 saturated carbocycles. The fourth-order valence-corrected chi connectivity index (χ4v) is 2.53. The van der Waals surface area contributed by atoms with E-state index in [0.29, 0.717) is 12.5 Å². The Labute approximate surface area is 78.8 Å². The maximum Gasteiger partial charge on any atom is 0.246 e. The van der Waals surface area contributed by atoms with Gasteiger partial charge >= 0.3 is 0 Å². The molecule has 1 heterocycles. The van der Waals surface area contributed by atoms with E-state index in [-0.39, 0.29) is 18.1 Å². The van der Waals surface area contributed by atoms with Crippen molar-refractivity contribution in [1.82, 2.24) is 5.32 Å². The zero-order valence-corrected chi connectivity index (χ0v) is 8.14. The molecule has 2 aliphatic rings. The Hall–Kier alpha value is -0.570. The van der Waals surface area contributed by atoms with E-state index in [1.54, 1.807) is 0 Å². The van der Waals surface area contributed by atoms with Crippen molar-refractivity contribution >= 4 is 5.91 Å². The van der Waals surface area contributed by atoms with Crippen LogP contribution < -0.4 is 5.32 Å². The number of amides is 1. The number of carbonyl (C=O) groups excluding carboxylic acids is 1. The molecule has 0 spiro atoms. The molecular weight excluding hydrogens is 166 g/mol. The molecule has 13 heavy (non-hydrogen) atoms. The third-order valence-corrected chi connectivity index (χ3v) is 3.32. The maximum absolute atomic E-state index is 11.2. The smallest absolute Gasteiger partial charge is 0.246 e. The van der Waals surface area contributed by atoms with Crippen molar-refractivity contribution in [2.75, 3.05) is 13.2 Å². The van der Waals surface area contributed by atoms with Crippen LogP contribution in [0.25, 0.3) is 0 Å². The minimum atomic E-state index is -0.0914. The van der Waals surface area contributed by atoms with Crippen LogP contribution >= 0.6 is 0 Å². The van der Waals surface area contributed by atoms with Crippen LogP contribution in [0.4, 0.5) is 0 Å². The Bertz CT molecular complexity index is 211. The molecular formula is C10H17NO2. The predicted molar refractivity (Wildman–Crippen MR) is 49.3 cm³/mol. The fourth-order valence-electron chi connectivity index (χ4n) is 2.53. The van der Waals surface area contributed by atoms with Crippen molar-refractivity contribution in [1.29, 1.82) is 0 Å². The summed E-state index contributed by atoms with van der Waals surface area (Å²) in [6, 6.07) is 0. The lowest BCUT2D eigenvalue weighted by molar-refractivity contribution is -0.136. The van der Waals surface area contributed by atoms with Crippen LogP contribution in [0.3, 0.4) is 0 Å². The highest BCUT2D eigenvalue weighted by atomic mass is 16.5. The summed E-state index contributed by atoms with van der Waals surface area (Å²) in [6.07, 6.45) is 5.08. The van der Waals surface area contributed by atoms with E-state index in [1.165, 1.54) is 25.7 Å². The molecule has 1 aliphatic carbocycles. The number of nitrogens with one attached hydrogen (secondary N) is 1. The second-order valence-corrected chi connectivity index (χ2v) is 4.44.